The summed E-state index contributed by atoms with van der Waals surface area (Å²) in [6.07, 6.45) is 7.99. The number of H-pyrrole nitrogens is 1. The van der Waals surface area contributed by atoms with Crippen LogP contribution < -0.4 is 9.64 Å². The molecule has 2 atom stereocenters. The summed E-state index contributed by atoms with van der Waals surface area (Å²) in [5.74, 6) is 2.65. The van der Waals surface area contributed by atoms with Gasteiger partial charge in [-0.2, -0.15) is 15.1 Å². The molecule has 0 spiro atoms. The van der Waals surface area contributed by atoms with Crippen molar-refractivity contribution in [2.75, 3.05) is 37.7 Å². The van der Waals surface area contributed by atoms with Crippen molar-refractivity contribution in [1.82, 2.24) is 30.0 Å². The first-order chi connectivity index (χ1) is 21.7. The largest absolute Gasteiger partial charge is 0.465 e. The molecule has 1 amide bonds. The van der Waals surface area contributed by atoms with Crippen LogP contribution in [-0.2, 0) is 0 Å². The van der Waals surface area contributed by atoms with E-state index in [0.29, 0.717) is 53.1 Å². The Balaban J connectivity index is 1.24. The Morgan fingerprint density at radius 3 is 2.56 bits per heavy atom. The average molecular weight is 606 g/mol. The number of aromatic nitrogens is 4. The van der Waals surface area contributed by atoms with Crippen molar-refractivity contribution in [3.05, 3.63) is 66.0 Å². The van der Waals surface area contributed by atoms with Crippen LogP contribution in [0.5, 0.6) is 6.01 Å². The number of halogens is 1. The number of aromatic amines is 1. The molecule has 0 radical (unpaired) electrons. The number of carboxylic acid groups (broad SMARTS) is 1. The van der Waals surface area contributed by atoms with E-state index in [2.05, 4.69) is 44.1 Å². The van der Waals surface area contributed by atoms with E-state index in [-0.39, 0.29) is 34.7 Å². The maximum absolute atomic E-state index is 16.7. The fourth-order valence-corrected chi connectivity index (χ4v) is 8.04. The molecule has 11 heteroatoms. The molecule has 0 saturated carbocycles. The first-order valence-electron chi connectivity index (χ1n) is 15.2. The lowest BCUT2D eigenvalue weighted by molar-refractivity contribution is 0.107. The van der Waals surface area contributed by atoms with Gasteiger partial charge in [0, 0.05) is 48.1 Å². The lowest BCUT2D eigenvalue weighted by atomic mass is 9.92. The van der Waals surface area contributed by atoms with E-state index in [1.807, 2.05) is 12.1 Å². The van der Waals surface area contributed by atoms with Crippen LogP contribution in [0.15, 0.2) is 54.6 Å². The van der Waals surface area contributed by atoms with Crippen molar-refractivity contribution in [2.45, 2.75) is 43.3 Å². The summed E-state index contributed by atoms with van der Waals surface area (Å²) >= 11 is 0. The van der Waals surface area contributed by atoms with Gasteiger partial charge in [0.2, 0.25) is 0 Å². The van der Waals surface area contributed by atoms with Gasteiger partial charge in [-0.15, -0.1) is 6.42 Å². The maximum atomic E-state index is 16.7. The maximum Gasteiger partial charge on any atom is 0.407 e. The Bertz CT molecular complexity index is 1950. The van der Waals surface area contributed by atoms with Gasteiger partial charge in [-0.05, 0) is 49.9 Å². The van der Waals surface area contributed by atoms with Gasteiger partial charge in [-0.1, -0.05) is 36.3 Å². The van der Waals surface area contributed by atoms with E-state index in [1.54, 1.807) is 23.1 Å². The predicted octanol–water partition coefficient (Wildman–Crippen LogP) is 4.96. The van der Waals surface area contributed by atoms with Crippen LogP contribution in [0.4, 0.5) is 15.0 Å². The van der Waals surface area contributed by atoms with E-state index in [4.69, 9.17) is 16.1 Å². The molecule has 0 aliphatic carbocycles. The summed E-state index contributed by atoms with van der Waals surface area (Å²) in [5, 5.41) is 18.4. The molecule has 2 bridgehead atoms. The highest BCUT2D eigenvalue weighted by Gasteiger charge is 2.48. The van der Waals surface area contributed by atoms with Crippen molar-refractivity contribution in [3.8, 4) is 29.6 Å². The summed E-state index contributed by atoms with van der Waals surface area (Å²) in [7, 11) is 0. The molecule has 10 nitrogen and oxygen atoms in total. The van der Waals surface area contributed by atoms with Crippen LogP contribution in [0.25, 0.3) is 33.1 Å². The Kier molecular flexibility index (Phi) is 6.15. The zero-order valence-corrected chi connectivity index (χ0v) is 24.7. The first kappa shape index (κ1) is 27.6. The lowest BCUT2D eigenvalue weighted by Crippen LogP contribution is -2.55. The molecule has 2 aromatic heterocycles. The molecule has 4 aliphatic rings. The van der Waals surface area contributed by atoms with Gasteiger partial charge < -0.3 is 14.7 Å². The number of terminal acetylenes is 1. The van der Waals surface area contributed by atoms with E-state index in [1.165, 1.54) is 0 Å². The Hall–Kier alpha value is -4.95. The topological polar surface area (TPSA) is 111 Å². The zero-order chi connectivity index (χ0) is 31.0. The number of fused-ring (bicyclic) bond motifs is 5. The van der Waals surface area contributed by atoms with Gasteiger partial charge in [-0.3, -0.25) is 14.9 Å². The summed E-state index contributed by atoms with van der Waals surface area (Å²) in [4.78, 5) is 27.4. The number of amides is 1. The fraction of sp³-hybridized carbons (Fsp3) is 0.353. The van der Waals surface area contributed by atoms with E-state index < -0.39 is 11.9 Å². The minimum absolute atomic E-state index is 0.0714. The summed E-state index contributed by atoms with van der Waals surface area (Å²) in [6, 6.07) is 8.70. The minimum atomic E-state index is -0.910. The van der Waals surface area contributed by atoms with Crippen LogP contribution in [0, 0.1) is 18.2 Å². The smallest absolute Gasteiger partial charge is 0.407 e. The number of nitrogens with one attached hydrogen (secondary N) is 1. The van der Waals surface area contributed by atoms with Crippen LogP contribution in [0.2, 0.25) is 0 Å². The third-order valence-corrected chi connectivity index (χ3v) is 9.90. The Morgan fingerprint density at radius 1 is 1.13 bits per heavy atom. The van der Waals surface area contributed by atoms with Crippen molar-refractivity contribution in [1.29, 1.82) is 0 Å². The van der Waals surface area contributed by atoms with Gasteiger partial charge in [0.1, 0.15) is 23.6 Å². The Morgan fingerprint density at radius 2 is 1.87 bits per heavy atom. The highest BCUT2D eigenvalue weighted by molar-refractivity contribution is 6.00. The number of benzene rings is 2. The van der Waals surface area contributed by atoms with E-state index in [0.717, 1.165) is 49.9 Å². The standard InChI is InChI=1S/C34H32FN7O3/c1-4-21-6-5-7-26-27(21)29(39-38-26)24-10-11-25-30(28(24)35)36-32(45-18-34-12-19(2)14-41(34)15-20(3)13-34)37-31(25)40-16-22-8-9-23(17-40)42(22)33(43)44/h1,5-7,10-11,22-23H,2-3,8-9,12-18H2,(H,38,39)(H,43,44)/t22-,23+. The molecular formula is C34H32FN7O3. The van der Waals surface area contributed by atoms with Gasteiger partial charge >= 0.3 is 12.1 Å². The second-order valence-electron chi connectivity index (χ2n) is 12.8. The summed E-state index contributed by atoms with van der Waals surface area (Å²) in [6.45, 7) is 11.2. The van der Waals surface area contributed by atoms with E-state index in [9.17, 15) is 9.90 Å². The minimum Gasteiger partial charge on any atom is -0.465 e. The SMILES string of the molecule is C#Cc1cccc2[nH]nc(-c3ccc4c(N5C[C@H]6CC[C@@H](C5)N6C(=O)O)nc(OCC56CC(=C)CN5CC(=C)C6)nc4c3F)c12. The van der Waals surface area contributed by atoms with Gasteiger partial charge in [0.15, 0.2) is 5.82 Å². The first-order valence-corrected chi connectivity index (χ1v) is 15.2. The zero-order valence-electron chi connectivity index (χ0n) is 24.7. The highest BCUT2D eigenvalue weighted by atomic mass is 19.1. The van der Waals surface area contributed by atoms with Crippen LogP contribution in [0.1, 0.15) is 31.2 Å². The molecule has 228 valence electrons. The molecule has 4 fully saturated rings. The molecule has 2 N–H and O–H groups in total. The number of rotatable bonds is 5. The molecule has 0 unspecified atom stereocenters. The predicted molar refractivity (Wildman–Crippen MR) is 169 cm³/mol. The number of ether oxygens (including phenoxy) is 1. The van der Waals surface area contributed by atoms with Crippen molar-refractivity contribution in [3.63, 3.8) is 0 Å². The molecule has 8 rings (SSSR count). The number of hydrogen-bond donors (Lipinski definition) is 2. The number of nitrogens with zero attached hydrogens (tertiary/aromatic N) is 6. The van der Waals surface area contributed by atoms with Crippen LogP contribution in [-0.4, -0.2) is 91.6 Å². The fourth-order valence-electron chi connectivity index (χ4n) is 8.04. The van der Waals surface area contributed by atoms with Crippen LogP contribution >= 0.6 is 0 Å². The monoisotopic (exact) mass is 605 g/mol. The van der Waals surface area contributed by atoms with Crippen molar-refractivity contribution >= 4 is 33.7 Å². The molecule has 4 aliphatic heterocycles. The second-order valence-corrected chi connectivity index (χ2v) is 12.8. The van der Waals surface area contributed by atoms with Gasteiger partial charge in [0.05, 0.1) is 23.1 Å². The van der Waals surface area contributed by atoms with Crippen molar-refractivity contribution in [2.24, 2.45) is 0 Å². The Labute approximate surface area is 259 Å². The number of piperazine rings is 1. The van der Waals surface area contributed by atoms with Crippen LogP contribution in [0.3, 0.4) is 0 Å². The molecule has 4 aromatic rings. The summed E-state index contributed by atoms with van der Waals surface area (Å²) in [5.41, 5.74) is 4.09. The summed E-state index contributed by atoms with van der Waals surface area (Å²) < 4.78 is 23.1. The normalized spacial score (nSPS) is 22.4. The van der Waals surface area contributed by atoms with E-state index >= 15 is 4.39 Å². The lowest BCUT2D eigenvalue weighted by Gasteiger charge is -2.40. The molecule has 2 aromatic carbocycles. The number of carbonyl (C=O) groups is 1. The second kappa shape index (κ2) is 10.0. The number of anilines is 1. The van der Waals surface area contributed by atoms with Crippen molar-refractivity contribution < 1.29 is 19.0 Å². The average Bonchev–Trinajstić information content (AvgIpc) is 3.73. The van der Waals surface area contributed by atoms with Gasteiger partial charge in [-0.25, -0.2) is 9.18 Å². The molecule has 45 heavy (non-hydrogen) atoms. The third-order valence-electron chi connectivity index (χ3n) is 9.90. The molecule has 4 saturated heterocycles. The molecular weight excluding hydrogens is 573 g/mol. The molecule has 6 heterocycles. The van der Waals surface area contributed by atoms with Gasteiger partial charge in [0.25, 0.3) is 0 Å². The highest BCUT2D eigenvalue weighted by Crippen LogP contribution is 2.43. The quantitative estimate of drug-likeness (QED) is 0.243. The number of hydrogen-bond acceptors (Lipinski definition) is 7. The third kappa shape index (κ3) is 4.27.